The van der Waals surface area contributed by atoms with Gasteiger partial charge in [0.05, 0.1) is 12.2 Å². The molecule has 25 heavy (non-hydrogen) atoms. The monoisotopic (exact) mass is 360 g/mol. The Morgan fingerprint density at radius 3 is 2.88 bits per heavy atom. The SMILES string of the molecule is CC(=O)Nc1cc(NCc2nc(-c3cccc(Cl)c3)no2)ccc1F. The Morgan fingerprint density at radius 1 is 1.28 bits per heavy atom. The van der Waals surface area contributed by atoms with E-state index in [-0.39, 0.29) is 18.1 Å². The summed E-state index contributed by atoms with van der Waals surface area (Å²) in [6, 6.07) is 11.4. The number of amides is 1. The van der Waals surface area contributed by atoms with Crippen LogP contribution in [-0.4, -0.2) is 16.0 Å². The van der Waals surface area contributed by atoms with Gasteiger partial charge in [-0.05, 0) is 30.3 Å². The van der Waals surface area contributed by atoms with Gasteiger partial charge in [-0.3, -0.25) is 4.79 Å². The average Bonchev–Trinajstić information content (AvgIpc) is 3.04. The Hall–Kier alpha value is -2.93. The van der Waals surface area contributed by atoms with Crippen LogP contribution in [0, 0.1) is 5.82 Å². The Balaban J connectivity index is 1.69. The van der Waals surface area contributed by atoms with Gasteiger partial charge in [-0.25, -0.2) is 4.39 Å². The summed E-state index contributed by atoms with van der Waals surface area (Å²) >= 11 is 5.95. The lowest BCUT2D eigenvalue weighted by Crippen LogP contribution is -2.08. The molecule has 0 aliphatic rings. The Bertz CT molecular complexity index is 913. The molecule has 1 heterocycles. The molecule has 0 saturated carbocycles. The minimum absolute atomic E-state index is 0.0997. The number of nitrogens with one attached hydrogen (secondary N) is 2. The van der Waals surface area contributed by atoms with Crippen molar-refractivity contribution in [3.8, 4) is 11.4 Å². The number of rotatable bonds is 5. The molecule has 3 aromatic rings. The van der Waals surface area contributed by atoms with Crippen LogP contribution in [0.5, 0.6) is 0 Å². The third-order valence-corrected chi connectivity index (χ3v) is 3.51. The van der Waals surface area contributed by atoms with Crippen molar-refractivity contribution >= 4 is 28.9 Å². The van der Waals surface area contributed by atoms with E-state index in [4.69, 9.17) is 16.1 Å². The second-order valence-electron chi connectivity index (χ2n) is 5.25. The maximum Gasteiger partial charge on any atom is 0.246 e. The molecule has 2 aromatic carbocycles. The van der Waals surface area contributed by atoms with Crippen molar-refractivity contribution in [2.75, 3.05) is 10.6 Å². The lowest BCUT2D eigenvalue weighted by Gasteiger charge is -2.08. The number of nitrogens with zero attached hydrogens (tertiary/aromatic N) is 2. The van der Waals surface area contributed by atoms with E-state index in [0.717, 1.165) is 5.56 Å². The summed E-state index contributed by atoms with van der Waals surface area (Å²) in [5, 5.41) is 9.95. The zero-order chi connectivity index (χ0) is 17.8. The van der Waals surface area contributed by atoms with Gasteiger partial charge in [-0.2, -0.15) is 4.98 Å². The second-order valence-corrected chi connectivity index (χ2v) is 5.69. The molecule has 0 atom stereocenters. The van der Waals surface area contributed by atoms with E-state index in [1.54, 1.807) is 24.3 Å². The zero-order valence-electron chi connectivity index (χ0n) is 13.2. The fourth-order valence-electron chi connectivity index (χ4n) is 2.17. The van der Waals surface area contributed by atoms with Crippen LogP contribution in [0.4, 0.5) is 15.8 Å². The normalized spacial score (nSPS) is 10.5. The summed E-state index contributed by atoms with van der Waals surface area (Å²) < 4.78 is 18.8. The molecule has 2 N–H and O–H groups in total. The number of anilines is 2. The van der Waals surface area contributed by atoms with Crippen molar-refractivity contribution in [3.63, 3.8) is 0 Å². The molecular weight excluding hydrogens is 347 g/mol. The van der Waals surface area contributed by atoms with E-state index < -0.39 is 5.82 Å². The average molecular weight is 361 g/mol. The number of hydrogen-bond donors (Lipinski definition) is 2. The highest BCUT2D eigenvalue weighted by atomic mass is 35.5. The van der Waals surface area contributed by atoms with Gasteiger partial charge in [0, 0.05) is 23.2 Å². The minimum Gasteiger partial charge on any atom is -0.376 e. The molecule has 0 radical (unpaired) electrons. The van der Waals surface area contributed by atoms with Crippen LogP contribution < -0.4 is 10.6 Å². The van der Waals surface area contributed by atoms with Crippen LogP contribution in [0.2, 0.25) is 5.02 Å². The highest BCUT2D eigenvalue weighted by molar-refractivity contribution is 6.30. The lowest BCUT2D eigenvalue weighted by atomic mass is 10.2. The summed E-state index contributed by atoms with van der Waals surface area (Å²) in [5.41, 5.74) is 1.45. The predicted octanol–water partition coefficient (Wildman–Crippen LogP) is 4.10. The third kappa shape index (κ3) is 4.33. The molecule has 0 fully saturated rings. The Kier molecular flexibility index (Phi) is 4.95. The Morgan fingerprint density at radius 2 is 2.12 bits per heavy atom. The fourth-order valence-corrected chi connectivity index (χ4v) is 2.36. The number of aromatic nitrogens is 2. The second kappa shape index (κ2) is 7.31. The van der Waals surface area contributed by atoms with Crippen molar-refractivity contribution in [1.29, 1.82) is 0 Å². The third-order valence-electron chi connectivity index (χ3n) is 3.27. The van der Waals surface area contributed by atoms with E-state index in [2.05, 4.69) is 20.8 Å². The summed E-state index contributed by atoms with van der Waals surface area (Å²) in [7, 11) is 0. The maximum absolute atomic E-state index is 13.6. The van der Waals surface area contributed by atoms with Gasteiger partial charge in [0.2, 0.25) is 17.6 Å². The van der Waals surface area contributed by atoms with Gasteiger partial charge >= 0.3 is 0 Å². The number of benzene rings is 2. The molecule has 3 rings (SSSR count). The number of carbonyl (C=O) groups is 1. The first-order valence-electron chi connectivity index (χ1n) is 7.41. The van der Waals surface area contributed by atoms with Crippen molar-refractivity contribution in [3.05, 3.63) is 59.2 Å². The molecule has 0 saturated heterocycles. The van der Waals surface area contributed by atoms with Crippen LogP contribution in [0.15, 0.2) is 47.0 Å². The van der Waals surface area contributed by atoms with E-state index in [0.29, 0.717) is 22.4 Å². The standard InChI is InChI=1S/C17H14ClFN4O2/c1-10(24)21-15-8-13(5-6-14(15)19)20-9-16-22-17(23-25-16)11-3-2-4-12(18)7-11/h2-8,20H,9H2,1H3,(H,21,24). The van der Waals surface area contributed by atoms with E-state index in [9.17, 15) is 9.18 Å². The Labute approximate surface area is 148 Å². The molecule has 8 heteroatoms. The fraction of sp³-hybridized carbons (Fsp3) is 0.118. The van der Waals surface area contributed by atoms with Gasteiger partial charge < -0.3 is 15.2 Å². The zero-order valence-corrected chi connectivity index (χ0v) is 14.0. The molecule has 1 amide bonds. The first kappa shape index (κ1) is 16.9. The van der Waals surface area contributed by atoms with Gasteiger partial charge in [0.15, 0.2) is 0 Å². The number of halogens is 2. The van der Waals surface area contributed by atoms with Gasteiger partial charge in [-0.1, -0.05) is 28.9 Å². The van der Waals surface area contributed by atoms with Crippen LogP contribution in [-0.2, 0) is 11.3 Å². The molecule has 6 nitrogen and oxygen atoms in total. The van der Waals surface area contributed by atoms with Crippen molar-refractivity contribution in [1.82, 2.24) is 10.1 Å². The van der Waals surface area contributed by atoms with Crippen LogP contribution in [0.3, 0.4) is 0 Å². The summed E-state index contributed by atoms with van der Waals surface area (Å²) in [6.45, 7) is 1.56. The smallest absolute Gasteiger partial charge is 0.246 e. The molecule has 0 bridgehead atoms. The quantitative estimate of drug-likeness (QED) is 0.716. The summed E-state index contributed by atoms with van der Waals surface area (Å²) in [5.74, 6) is -0.0707. The molecule has 128 valence electrons. The van der Waals surface area contributed by atoms with Gasteiger partial charge in [0.25, 0.3) is 0 Å². The summed E-state index contributed by atoms with van der Waals surface area (Å²) in [6.07, 6.45) is 0. The highest BCUT2D eigenvalue weighted by Crippen LogP contribution is 2.22. The maximum atomic E-state index is 13.6. The van der Waals surface area contributed by atoms with Crippen molar-refractivity contribution in [2.24, 2.45) is 0 Å². The molecule has 0 aliphatic carbocycles. The molecular formula is C17H14ClFN4O2. The largest absolute Gasteiger partial charge is 0.376 e. The summed E-state index contributed by atoms with van der Waals surface area (Å²) in [4.78, 5) is 15.4. The topological polar surface area (TPSA) is 80.0 Å². The van der Waals surface area contributed by atoms with Crippen molar-refractivity contribution < 1.29 is 13.7 Å². The lowest BCUT2D eigenvalue weighted by molar-refractivity contribution is -0.114. The van der Waals surface area contributed by atoms with E-state index in [1.165, 1.54) is 19.1 Å². The molecule has 0 spiro atoms. The molecule has 0 unspecified atom stereocenters. The van der Waals surface area contributed by atoms with Crippen LogP contribution in [0.25, 0.3) is 11.4 Å². The van der Waals surface area contributed by atoms with E-state index >= 15 is 0 Å². The van der Waals surface area contributed by atoms with Crippen LogP contribution >= 0.6 is 11.6 Å². The highest BCUT2D eigenvalue weighted by Gasteiger charge is 2.10. The molecule has 0 aliphatic heterocycles. The van der Waals surface area contributed by atoms with Crippen LogP contribution in [0.1, 0.15) is 12.8 Å². The van der Waals surface area contributed by atoms with E-state index in [1.807, 2.05) is 6.07 Å². The first-order valence-corrected chi connectivity index (χ1v) is 7.78. The predicted molar refractivity (Wildman–Crippen MR) is 92.8 cm³/mol. The molecule has 1 aromatic heterocycles. The van der Waals surface area contributed by atoms with Crippen molar-refractivity contribution in [2.45, 2.75) is 13.5 Å². The number of hydrogen-bond acceptors (Lipinski definition) is 5. The van der Waals surface area contributed by atoms with Gasteiger partial charge in [-0.15, -0.1) is 0 Å². The number of carbonyl (C=O) groups excluding carboxylic acids is 1. The van der Waals surface area contributed by atoms with Gasteiger partial charge in [0.1, 0.15) is 5.82 Å². The first-order chi connectivity index (χ1) is 12.0. The minimum atomic E-state index is -0.512.